The van der Waals surface area contributed by atoms with Gasteiger partial charge in [0.1, 0.15) is 18.1 Å². The second kappa shape index (κ2) is 6.19. The third kappa shape index (κ3) is 3.56. The van der Waals surface area contributed by atoms with Crippen LogP contribution < -0.4 is 0 Å². The number of likely N-dealkylation sites (tertiary alicyclic amines) is 1. The number of aliphatic hydroxyl groups is 1. The molecular weight excluding hydrogens is 218 g/mol. The van der Waals surface area contributed by atoms with Crippen LogP contribution in [0.4, 0.5) is 0 Å². The van der Waals surface area contributed by atoms with Crippen LogP contribution in [0.3, 0.4) is 0 Å². The van der Waals surface area contributed by atoms with Gasteiger partial charge in [0.05, 0.1) is 13.2 Å². The van der Waals surface area contributed by atoms with Crippen LogP contribution in [-0.4, -0.2) is 36.8 Å². The lowest BCUT2D eigenvalue weighted by Gasteiger charge is -2.31. The first kappa shape index (κ1) is 12.6. The minimum absolute atomic E-state index is 0.0215. The number of aliphatic hydroxyl groups excluding tert-OH is 1. The Morgan fingerprint density at radius 3 is 3.00 bits per heavy atom. The van der Waals surface area contributed by atoms with Gasteiger partial charge in [0, 0.05) is 13.7 Å². The molecule has 0 amide bonds. The predicted octanol–water partition coefficient (Wildman–Crippen LogP) is 1.63. The van der Waals surface area contributed by atoms with Gasteiger partial charge in [-0.2, -0.15) is 0 Å². The summed E-state index contributed by atoms with van der Waals surface area (Å²) >= 11 is 0. The molecule has 0 aliphatic carbocycles. The Kier molecular flexibility index (Phi) is 4.59. The molecule has 1 aliphatic heterocycles. The molecule has 0 spiro atoms. The van der Waals surface area contributed by atoms with E-state index in [1.54, 1.807) is 7.11 Å². The summed E-state index contributed by atoms with van der Waals surface area (Å²) in [5, 5.41) is 8.94. The van der Waals surface area contributed by atoms with Gasteiger partial charge < -0.3 is 14.3 Å². The van der Waals surface area contributed by atoms with Crippen molar-refractivity contribution < 1.29 is 14.3 Å². The fourth-order valence-corrected chi connectivity index (χ4v) is 2.48. The number of furan rings is 1. The number of nitrogens with zero attached hydrogens (tertiary/aromatic N) is 1. The Bertz CT molecular complexity index is 335. The zero-order valence-corrected chi connectivity index (χ0v) is 10.4. The average molecular weight is 239 g/mol. The van der Waals surface area contributed by atoms with Crippen LogP contribution in [0.2, 0.25) is 0 Å². The van der Waals surface area contributed by atoms with Gasteiger partial charge in [-0.3, -0.25) is 4.90 Å². The second-order valence-electron chi connectivity index (χ2n) is 4.72. The molecule has 17 heavy (non-hydrogen) atoms. The van der Waals surface area contributed by atoms with E-state index in [-0.39, 0.29) is 6.61 Å². The van der Waals surface area contributed by atoms with Crippen LogP contribution in [0.1, 0.15) is 24.4 Å². The Balaban J connectivity index is 1.85. The quantitative estimate of drug-likeness (QED) is 0.848. The first-order valence-corrected chi connectivity index (χ1v) is 6.21. The molecule has 1 unspecified atom stereocenters. The summed E-state index contributed by atoms with van der Waals surface area (Å²) in [5.41, 5.74) is 0. The molecule has 0 saturated carbocycles. The van der Waals surface area contributed by atoms with Crippen LogP contribution in [0.15, 0.2) is 16.5 Å². The summed E-state index contributed by atoms with van der Waals surface area (Å²) in [6.07, 6.45) is 2.48. The number of rotatable bonds is 5. The molecule has 1 aromatic heterocycles. The molecule has 1 aromatic rings. The van der Waals surface area contributed by atoms with E-state index < -0.39 is 0 Å². The highest BCUT2D eigenvalue weighted by Crippen LogP contribution is 2.19. The molecule has 2 heterocycles. The van der Waals surface area contributed by atoms with Crippen molar-refractivity contribution in [2.75, 3.05) is 26.8 Å². The van der Waals surface area contributed by atoms with E-state index >= 15 is 0 Å². The lowest BCUT2D eigenvalue weighted by atomic mass is 9.99. The maximum atomic E-state index is 8.94. The van der Waals surface area contributed by atoms with Crippen LogP contribution >= 0.6 is 0 Å². The third-order valence-corrected chi connectivity index (χ3v) is 3.26. The highest BCUT2D eigenvalue weighted by molar-refractivity contribution is 5.06. The molecule has 2 rings (SSSR count). The topological polar surface area (TPSA) is 45.8 Å². The second-order valence-corrected chi connectivity index (χ2v) is 4.72. The monoisotopic (exact) mass is 239 g/mol. The van der Waals surface area contributed by atoms with Gasteiger partial charge in [-0.05, 0) is 37.4 Å². The average Bonchev–Trinajstić information content (AvgIpc) is 2.78. The first-order valence-electron chi connectivity index (χ1n) is 6.21. The smallest absolute Gasteiger partial charge is 0.129 e. The van der Waals surface area contributed by atoms with Crippen LogP contribution in [0.25, 0.3) is 0 Å². The number of hydrogen-bond donors (Lipinski definition) is 1. The summed E-state index contributed by atoms with van der Waals surface area (Å²) in [4.78, 5) is 2.40. The van der Waals surface area contributed by atoms with E-state index in [2.05, 4.69) is 4.90 Å². The van der Waals surface area contributed by atoms with E-state index in [9.17, 15) is 0 Å². The molecular formula is C13H21NO3. The lowest BCUT2D eigenvalue weighted by Crippen LogP contribution is -2.36. The first-order chi connectivity index (χ1) is 8.31. The molecule has 1 fully saturated rings. The van der Waals surface area contributed by atoms with Crippen LogP contribution in [0, 0.1) is 5.92 Å². The molecule has 4 heteroatoms. The largest absolute Gasteiger partial charge is 0.462 e. The van der Waals surface area contributed by atoms with Gasteiger partial charge in [-0.15, -0.1) is 0 Å². The van der Waals surface area contributed by atoms with Crippen molar-refractivity contribution in [3.05, 3.63) is 23.7 Å². The molecule has 4 nitrogen and oxygen atoms in total. The molecule has 1 N–H and O–H groups in total. The van der Waals surface area contributed by atoms with E-state index in [1.165, 1.54) is 12.8 Å². The Hall–Kier alpha value is -0.840. The van der Waals surface area contributed by atoms with Crippen LogP contribution in [-0.2, 0) is 17.9 Å². The number of hydrogen-bond acceptors (Lipinski definition) is 4. The highest BCUT2D eigenvalue weighted by atomic mass is 16.5. The minimum atomic E-state index is -0.0215. The maximum Gasteiger partial charge on any atom is 0.129 e. The van der Waals surface area contributed by atoms with E-state index in [0.29, 0.717) is 11.7 Å². The van der Waals surface area contributed by atoms with Gasteiger partial charge in [0.25, 0.3) is 0 Å². The summed E-state index contributed by atoms with van der Waals surface area (Å²) in [7, 11) is 1.76. The molecule has 1 atom stereocenters. The van der Waals surface area contributed by atoms with Crippen molar-refractivity contribution in [1.29, 1.82) is 0 Å². The highest BCUT2D eigenvalue weighted by Gasteiger charge is 2.20. The molecule has 96 valence electrons. The van der Waals surface area contributed by atoms with Crippen molar-refractivity contribution in [3.63, 3.8) is 0 Å². The van der Waals surface area contributed by atoms with Crippen molar-refractivity contribution in [3.8, 4) is 0 Å². The van der Waals surface area contributed by atoms with Crippen molar-refractivity contribution in [2.45, 2.75) is 26.0 Å². The number of methoxy groups -OCH3 is 1. The molecule has 0 aromatic carbocycles. The predicted molar refractivity (Wildman–Crippen MR) is 64.5 cm³/mol. The summed E-state index contributed by atoms with van der Waals surface area (Å²) < 4.78 is 10.7. The standard InChI is InChI=1S/C13H21NO3/c1-16-10-11-3-2-6-14(7-11)8-12-4-5-13(9-15)17-12/h4-5,11,15H,2-3,6-10H2,1H3. The summed E-state index contributed by atoms with van der Waals surface area (Å²) in [5.74, 6) is 2.22. The zero-order valence-electron chi connectivity index (χ0n) is 10.4. The van der Waals surface area contributed by atoms with Gasteiger partial charge in [-0.1, -0.05) is 0 Å². The maximum absolute atomic E-state index is 8.94. The molecule has 0 bridgehead atoms. The van der Waals surface area contributed by atoms with Gasteiger partial charge in [-0.25, -0.2) is 0 Å². The SMILES string of the molecule is COCC1CCCN(Cc2ccc(CO)o2)C1. The fourth-order valence-electron chi connectivity index (χ4n) is 2.48. The number of piperidine rings is 1. The number of ether oxygens (including phenoxy) is 1. The van der Waals surface area contributed by atoms with Gasteiger partial charge >= 0.3 is 0 Å². The van der Waals surface area contributed by atoms with E-state index in [1.807, 2.05) is 12.1 Å². The molecule has 0 radical (unpaired) electrons. The summed E-state index contributed by atoms with van der Waals surface area (Å²) in [6, 6.07) is 3.79. The zero-order chi connectivity index (χ0) is 12.1. The Labute approximate surface area is 102 Å². The summed E-state index contributed by atoms with van der Waals surface area (Å²) in [6.45, 7) is 3.85. The normalized spacial score (nSPS) is 21.9. The Morgan fingerprint density at radius 1 is 1.47 bits per heavy atom. The van der Waals surface area contributed by atoms with E-state index in [4.69, 9.17) is 14.3 Å². The van der Waals surface area contributed by atoms with E-state index in [0.717, 1.165) is 32.0 Å². The van der Waals surface area contributed by atoms with Crippen LogP contribution in [0.5, 0.6) is 0 Å². The molecule has 1 aliphatic rings. The fraction of sp³-hybridized carbons (Fsp3) is 0.692. The Morgan fingerprint density at radius 2 is 2.29 bits per heavy atom. The van der Waals surface area contributed by atoms with Gasteiger partial charge in [0.15, 0.2) is 0 Å². The van der Waals surface area contributed by atoms with Crippen molar-refractivity contribution in [2.24, 2.45) is 5.92 Å². The third-order valence-electron chi connectivity index (χ3n) is 3.26. The lowest BCUT2D eigenvalue weighted by molar-refractivity contribution is 0.0834. The van der Waals surface area contributed by atoms with Crippen molar-refractivity contribution in [1.82, 2.24) is 4.90 Å². The van der Waals surface area contributed by atoms with Crippen molar-refractivity contribution >= 4 is 0 Å². The minimum Gasteiger partial charge on any atom is -0.462 e. The van der Waals surface area contributed by atoms with Gasteiger partial charge in [0.2, 0.25) is 0 Å². The molecule has 1 saturated heterocycles.